The summed E-state index contributed by atoms with van der Waals surface area (Å²) in [5, 5.41) is 25.0. The van der Waals surface area contributed by atoms with Gasteiger partial charge in [0.1, 0.15) is 12.1 Å². The molecule has 1 aromatic carbocycles. The SMILES string of the molecule is C[C@H](NC(=O)[C@@H]1C[C@@H](O)CN1C(=O)[C@@H](NC(=O)C(C)(C)C)C(C)(C)C)c1ccc(C#N)cc1. The van der Waals surface area contributed by atoms with Gasteiger partial charge in [-0.05, 0) is 30.0 Å². The minimum absolute atomic E-state index is 0.0279. The van der Waals surface area contributed by atoms with E-state index in [1.165, 1.54) is 4.90 Å². The van der Waals surface area contributed by atoms with Crippen LogP contribution in [0, 0.1) is 22.2 Å². The molecule has 1 aromatic rings. The zero-order valence-corrected chi connectivity index (χ0v) is 20.6. The van der Waals surface area contributed by atoms with Gasteiger partial charge in [0.2, 0.25) is 17.7 Å². The second-order valence-corrected chi connectivity index (χ2v) is 10.9. The third-order valence-corrected chi connectivity index (χ3v) is 5.83. The van der Waals surface area contributed by atoms with Crippen LogP contribution >= 0.6 is 0 Å². The largest absolute Gasteiger partial charge is 0.391 e. The van der Waals surface area contributed by atoms with Crippen LogP contribution in [-0.2, 0) is 14.4 Å². The van der Waals surface area contributed by atoms with Crippen LogP contribution in [0.3, 0.4) is 0 Å². The van der Waals surface area contributed by atoms with Crippen LogP contribution in [0.25, 0.3) is 0 Å². The average Bonchev–Trinajstić information content (AvgIpc) is 3.11. The molecule has 0 saturated carbocycles. The number of amides is 3. The fourth-order valence-corrected chi connectivity index (χ4v) is 3.71. The lowest BCUT2D eigenvalue weighted by Gasteiger charge is -2.36. The van der Waals surface area contributed by atoms with Crippen LogP contribution in [0.4, 0.5) is 0 Å². The van der Waals surface area contributed by atoms with Crippen molar-refractivity contribution in [3.8, 4) is 6.07 Å². The van der Waals surface area contributed by atoms with Crippen LogP contribution in [0.5, 0.6) is 0 Å². The van der Waals surface area contributed by atoms with Gasteiger partial charge in [-0.25, -0.2) is 0 Å². The van der Waals surface area contributed by atoms with Crippen LogP contribution in [0.1, 0.15) is 72.1 Å². The fourth-order valence-electron chi connectivity index (χ4n) is 3.71. The van der Waals surface area contributed by atoms with Crippen LogP contribution in [-0.4, -0.2) is 52.5 Å². The van der Waals surface area contributed by atoms with Crippen molar-refractivity contribution < 1.29 is 19.5 Å². The first kappa shape index (κ1) is 26.3. The predicted octanol–water partition coefficient (Wildman–Crippen LogP) is 2.27. The summed E-state index contributed by atoms with van der Waals surface area (Å²) in [7, 11) is 0. The lowest BCUT2D eigenvalue weighted by molar-refractivity contribution is -0.145. The van der Waals surface area contributed by atoms with E-state index < -0.39 is 29.0 Å². The quantitative estimate of drug-likeness (QED) is 0.627. The number of hydrogen-bond donors (Lipinski definition) is 3. The number of β-amino-alcohol motifs (C(OH)–C–C–N with tert-alkyl or cyclic N) is 1. The third-order valence-electron chi connectivity index (χ3n) is 5.83. The molecule has 0 radical (unpaired) electrons. The van der Waals surface area contributed by atoms with Crippen molar-refractivity contribution in [3.63, 3.8) is 0 Å². The maximum Gasteiger partial charge on any atom is 0.246 e. The summed E-state index contributed by atoms with van der Waals surface area (Å²) in [5.74, 6) is -1.01. The van der Waals surface area contributed by atoms with Gasteiger partial charge in [0.05, 0.1) is 23.8 Å². The number of hydrogen-bond acceptors (Lipinski definition) is 5. The van der Waals surface area contributed by atoms with Gasteiger partial charge in [-0.2, -0.15) is 5.26 Å². The summed E-state index contributed by atoms with van der Waals surface area (Å²) in [6.07, 6.45) is -0.698. The highest BCUT2D eigenvalue weighted by Gasteiger charge is 2.45. The Labute approximate surface area is 196 Å². The van der Waals surface area contributed by atoms with E-state index in [4.69, 9.17) is 5.26 Å². The van der Waals surface area contributed by atoms with E-state index in [-0.39, 0.29) is 36.7 Å². The van der Waals surface area contributed by atoms with Crippen molar-refractivity contribution in [1.29, 1.82) is 5.26 Å². The lowest BCUT2D eigenvalue weighted by Crippen LogP contribution is -2.59. The summed E-state index contributed by atoms with van der Waals surface area (Å²) in [4.78, 5) is 40.7. The second kappa shape index (κ2) is 9.92. The molecule has 0 aromatic heterocycles. The maximum absolute atomic E-state index is 13.5. The smallest absolute Gasteiger partial charge is 0.246 e. The molecular formula is C25H36N4O4. The molecule has 8 heteroatoms. The highest BCUT2D eigenvalue weighted by atomic mass is 16.3. The molecule has 0 bridgehead atoms. The van der Waals surface area contributed by atoms with E-state index in [1.54, 1.807) is 45.0 Å². The van der Waals surface area contributed by atoms with Crippen molar-refractivity contribution in [2.24, 2.45) is 10.8 Å². The Kier molecular flexibility index (Phi) is 7.91. The molecule has 33 heavy (non-hydrogen) atoms. The zero-order valence-electron chi connectivity index (χ0n) is 20.6. The normalized spacial score (nSPS) is 20.5. The molecular weight excluding hydrogens is 420 g/mol. The Morgan fingerprint density at radius 2 is 1.67 bits per heavy atom. The molecule has 180 valence electrons. The Bertz CT molecular complexity index is 922. The van der Waals surface area contributed by atoms with Crippen LogP contribution in [0.2, 0.25) is 0 Å². The molecule has 3 amide bonds. The number of nitrogens with zero attached hydrogens (tertiary/aromatic N) is 2. The number of nitriles is 1. The van der Waals surface area contributed by atoms with E-state index in [9.17, 15) is 19.5 Å². The molecule has 0 aliphatic carbocycles. The van der Waals surface area contributed by atoms with Crippen molar-refractivity contribution in [1.82, 2.24) is 15.5 Å². The lowest BCUT2D eigenvalue weighted by atomic mass is 9.84. The highest BCUT2D eigenvalue weighted by Crippen LogP contribution is 2.28. The molecule has 0 spiro atoms. The molecule has 1 heterocycles. The number of rotatable bonds is 5. The molecule has 3 N–H and O–H groups in total. The van der Waals surface area contributed by atoms with Gasteiger partial charge in [0.25, 0.3) is 0 Å². The minimum atomic E-state index is -0.847. The molecule has 2 rings (SSSR count). The summed E-state index contributed by atoms with van der Waals surface area (Å²) in [6, 6.07) is 6.92. The standard InChI is InChI=1S/C25H36N4O4/c1-15(17-10-8-16(13-26)9-11-17)27-21(31)19-12-18(30)14-29(19)22(32)20(24(2,3)4)28-23(33)25(5,6)7/h8-11,15,18-20,30H,12,14H2,1-7H3,(H,27,31)(H,28,33)/t15-,18+,19-,20+/m0/s1. The van der Waals surface area contributed by atoms with Crippen molar-refractivity contribution in [3.05, 3.63) is 35.4 Å². The number of carbonyl (C=O) groups is 3. The predicted molar refractivity (Wildman–Crippen MR) is 125 cm³/mol. The maximum atomic E-state index is 13.5. The Morgan fingerprint density at radius 1 is 1.09 bits per heavy atom. The molecule has 4 atom stereocenters. The number of benzene rings is 1. The molecule has 1 aliphatic heterocycles. The van der Waals surface area contributed by atoms with E-state index >= 15 is 0 Å². The molecule has 0 unspecified atom stereocenters. The summed E-state index contributed by atoms with van der Waals surface area (Å²) >= 11 is 0. The summed E-state index contributed by atoms with van der Waals surface area (Å²) < 4.78 is 0. The first-order valence-electron chi connectivity index (χ1n) is 11.2. The van der Waals surface area contributed by atoms with E-state index in [1.807, 2.05) is 27.7 Å². The number of aliphatic hydroxyl groups excluding tert-OH is 1. The number of carbonyl (C=O) groups excluding carboxylic acids is 3. The molecule has 1 aliphatic rings. The van der Waals surface area contributed by atoms with Gasteiger partial charge in [0.15, 0.2) is 0 Å². The van der Waals surface area contributed by atoms with Crippen LogP contribution in [0.15, 0.2) is 24.3 Å². The number of likely N-dealkylation sites (tertiary alicyclic amines) is 1. The molecule has 1 saturated heterocycles. The van der Waals surface area contributed by atoms with Crippen molar-refractivity contribution in [2.75, 3.05) is 6.54 Å². The van der Waals surface area contributed by atoms with E-state index in [0.29, 0.717) is 5.56 Å². The van der Waals surface area contributed by atoms with Gasteiger partial charge in [-0.3, -0.25) is 14.4 Å². The van der Waals surface area contributed by atoms with Crippen molar-refractivity contribution in [2.45, 2.75) is 79.1 Å². The Morgan fingerprint density at radius 3 is 2.15 bits per heavy atom. The van der Waals surface area contributed by atoms with Gasteiger partial charge < -0.3 is 20.6 Å². The fraction of sp³-hybridized carbons (Fsp3) is 0.600. The monoisotopic (exact) mass is 456 g/mol. The van der Waals surface area contributed by atoms with Crippen molar-refractivity contribution >= 4 is 17.7 Å². The topological polar surface area (TPSA) is 123 Å². The highest BCUT2D eigenvalue weighted by molar-refractivity contribution is 5.94. The minimum Gasteiger partial charge on any atom is -0.391 e. The van der Waals surface area contributed by atoms with Gasteiger partial charge in [0, 0.05) is 18.4 Å². The summed E-state index contributed by atoms with van der Waals surface area (Å²) in [5.41, 5.74) is 0.0755. The first-order valence-corrected chi connectivity index (χ1v) is 11.2. The third kappa shape index (κ3) is 6.55. The van der Waals surface area contributed by atoms with Gasteiger partial charge in [-0.1, -0.05) is 53.7 Å². The molecule has 8 nitrogen and oxygen atoms in total. The number of nitrogens with one attached hydrogen (secondary N) is 2. The van der Waals surface area contributed by atoms with Crippen LogP contribution < -0.4 is 10.6 Å². The molecule has 1 fully saturated rings. The van der Waals surface area contributed by atoms with Gasteiger partial charge >= 0.3 is 0 Å². The first-order chi connectivity index (χ1) is 15.1. The van der Waals surface area contributed by atoms with E-state index in [0.717, 1.165) is 5.56 Å². The Balaban J connectivity index is 2.21. The summed E-state index contributed by atoms with van der Waals surface area (Å²) in [6.45, 7) is 12.7. The zero-order chi connectivity index (χ0) is 25.1. The van der Waals surface area contributed by atoms with E-state index in [2.05, 4.69) is 16.7 Å². The number of aliphatic hydroxyl groups is 1. The Hall–Kier alpha value is -2.92. The second-order valence-electron chi connectivity index (χ2n) is 10.9. The van der Waals surface area contributed by atoms with Gasteiger partial charge in [-0.15, -0.1) is 0 Å². The average molecular weight is 457 g/mol.